The zero-order valence-corrected chi connectivity index (χ0v) is 11.3. The van der Waals surface area contributed by atoms with E-state index in [2.05, 4.69) is 23.1 Å². The highest BCUT2D eigenvalue weighted by atomic mass is 35.5. The highest BCUT2D eigenvalue weighted by molar-refractivity contribution is 5.85. The Morgan fingerprint density at radius 1 is 1.28 bits per heavy atom. The molecule has 0 radical (unpaired) electrons. The molecule has 0 atom stereocenters. The number of nitrogens with one attached hydrogen (secondary N) is 1. The van der Waals surface area contributed by atoms with Gasteiger partial charge in [-0.05, 0) is 62.7 Å². The van der Waals surface area contributed by atoms with Gasteiger partial charge in [0.25, 0.3) is 0 Å². The monoisotopic (exact) mass is 268 g/mol. The SMILES string of the molecule is CN1CCC(c2c[nH]c3cc(F)ccc23)CC1.Cl. The van der Waals surface area contributed by atoms with Crippen LogP contribution in [-0.4, -0.2) is 30.0 Å². The summed E-state index contributed by atoms with van der Waals surface area (Å²) in [4.78, 5) is 5.55. The second-order valence-corrected chi connectivity index (χ2v) is 5.01. The summed E-state index contributed by atoms with van der Waals surface area (Å²) in [5.41, 5.74) is 2.27. The molecule has 0 bridgehead atoms. The van der Waals surface area contributed by atoms with Gasteiger partial charge in [0, 0.05) is 17.1 Å². The summed E-state index contributed by atoms with van der Waals surface area (Å²) in [6, 6.07) is 5.03. The minimum absolute atomic E-state index is 0. The number of fused-ring (bicyclic) bond motifs is 1. The smallest absolute Gasteiger partial charge is 0.125 e. The number of nitrogens with zero attached hydrogens (tertiary/aromatic N) is 1. The minimum Gasteiger partial charge on any atom is -0.361 e. The van der Waals surface area contributed by atoms with Gasteiger partial charge in [0.15, 0.2) is 0 Å². The third kappa shape index (κ3) is 2.38. The van der Waals surface area contributed by atoms with Gasteiger partial charge in [0.2, 0.25) is 0 Å². The summed E-state index contributed by atoms with van der Waals surface area (Å²) in [7, 11) is 2.17. The maximum atomic E-state index is 13.1. The van der Waals surface area contributed by atoms with Crippen molar-refractivity contribution in [1.82, 2.24) is 9.88 Å². The average Bonchev–Trinajstić information content (AvgIpc) is 2.73. The summed E-state index contributed by atoms with van der Waals surface area (Å²) in [6.07, 6.45) is 4.45. The number of aromatic amines is 1. The Bertz CT molecular complexity index is 530. The van der Waals surface area contributed by atoms with E-state index < -0.39 is 0 Å². The molecule has 0 aliphatic carbocycles. The van der Waals surface area contributed by atoms with Crippen LogP contribution in [0.15, 0.2) is 24.4 Å². The van der Waals surface area contributed by atoms with Crippen molar-refractivity contribution >= 4 is 23.3 Å². The fraction of sp³-hybridized carbons (Fsp3) is 0.429. The predicted molar refractivity (Wildman–Crippen MR) is 75.0 cm³/mol. The van der Waals surface area contributed by atoms with Crippen molar-refractivity contribution in [3.63, 3.8) is 0 Å². The number of benzene rings is 1. The van der Waals surface area contributed by atoms with Crippen LogP contribution in [0.2, 0.25) is 0 Å². The van der Waals surface area contributed by atoms with Crippen LogP contribution in [0.3, 0.4) is 0 Å². The molecule has 2 aromatic rings. The van der Waals surface area contributed by atoms with Crippen molar-refractivity contribution in [1.29, 1.82) is 0 Å². The van der Waals surface area contributed by atoms with Crippen molar-refractivity contribution in [3.05, 3.63) is 35.8 Å². The highest BCUT2D eigenvalue weighted by Gasteiger charge is 2.20. The lowest BCUT2D eigenvalue weighted by Crippen LogP contribution is -2.29. The Kier molecular flexibility index (Phi) is 3.93. The molecule has 0 amide bonds. The first-order chi connectivity index (χ1) is 8.24. The molecule has 0 saturated carbocycles. The summed E-state index contributed by atoms with van der Waals surface area (Å²) >= 11 is 0. The number of piperidine rings is 1. The Labute approximate surface area is 113 Å². The summed E-state index contributed by atoms with van der Waals surface area (Å²) in [6.45, 7) is 2.30. The third-order valence-corrected chi connectivity index (χ3v) is 3.83. The van der Waals surface area contributed by atoms with Gasteiger partial charge in [0.1, 0.15) is 5.82 Å². The van der Waals surface area contributed by atoms with E-state index in [1.165, 1.54) is 23.8 Å². The van der Waals surface area contributed by atoms with E-state index in [9.17, 15) is 4.39 Å². The van der Waals surface area contributed by atoms with E-state index in [1.54, 1.807) is 12.1 Å². The first-order valence-electron chi connectivity index (χ1n) is 6.19. The van der Waals surface area contributed by atoms with Gasteiger partial charge in [-0.1, -0.05) is 0 Å². The largest absolute Gasteiger partial charge is 0.361 e. The van der Waals surface area contributed by atoms with Crippen LogP contribution in [0, 0.1) is 5.82 Å². The maximum Gasteiger partial charge on any atom is 0.125 e. The Morgan fingerprint density at radius 3 is 2.72 bits per heavy atom. The number of hydrogen-bond acceptors (Lipinski definition) is 1. The fourth-order valence-electron chi connectivity index (χ4n) is 2.78. The van der Waals surface area contributed by atoms with Crippen molar-refractivity contribution in [3.8, 4) is 0 Å². The average molecular weight is 269 g/mol. The molecule has 1 saturated heterocycles. The van der Waals surface area contributed by atoms with Gasteiger partial charge < -0.3 is 9.88 Å². The summed E-state index contributed by atoms with van der Waals surface area (Å²) in [5.74, 6) is 0.444. The molecule has 1 N–H and O–H groups in total. The van der Waals surface area contributed by atoms with E-state index in [4.69, 9.17) is 0 Å². The van der Waals surface area contributed by atoms with Crippen LogP contribution in [0.25, 0.3) is 10.9 Å². The van der Waals surface area contributed by atoms with E-state index in [0.29, 0.717) is 5.92 Å². The molecule has 1 aliphatic rings. The molecule has 3 rings (SSSR count). The third-order valence-electron chi connectivity index (χ3n) is 3.83. The number of halogens is 2. The van der Waals surface area contributed by atoms with Gasteiger partial charge in [-0.15, -0.1) is 12.4 Å². The molecule has 1 aromatic heterocycles. The van der Waals surface area contributed by atoms with Gasteiger partial charge >= 0.3 is 0 Å². The summed E-state index contributed by atoms with van der Waals surface area (Å²) in [5, 5.41) is 1.18. The second-order valence-electron chi connectivity index (χ2n) is 5.01. The molecule has 98 valence electrons. The van der Waals surface area contributed by atoms with E-state index in [1.807, 2.05) is 6.07 Å². The maximum absolute atomic E-state index is 13.1. The van der Waals surface area contributed by atoms with Crippen LogP contribution in [0.5, 0.6) is 0 Å². The van der Waals surface area contributed by atoms with E-state index in [-0.39, 0.29) is 18.2 Å². The number of rotatable bonds is 1. The molecule has 0 unspecified atom stereocenters. The van der Waals surface area contributed by atoms with Crippen LogP contribution in [0.4, 0.5) is 4.39 Å². The molecule has 1 aliphatic heterocycles. The first-order valence-corrected chi connectivity index (χ1v) is 6.19. The Balaban J connectivity index is 0.00000120. The Morgan fingerprint density at radius 2 is 2.00 bits per heavy atom. The van der Waals surface area contributed by atoms with Crippen LogP contribution < -0.4 is 0 Å². The van der Waals surface area contributed by atoms with Gasteiger partial charge in [-0.2, -0.15) is 0 Å². The van der Waals surface area contributed by atoms with Crippen molar-refractivity contribution in [2.24, 2.45) is 0 Å². The van der Waals surface area contributed by atoms with E-state index >= 15 is 0 Å². The number of aromatic nitrogens is 1. The molecular weight excluding hydrogens is 251 g/mol. The van der Waals surface area contributed by atoms with Gasteiger partial charge in [-0.3, -0.25) is 0 Å². The predicted octanol–water partition coefficient (Wildman–Crippen LogP) is 3.54. The van der Waals surface area contributed by atoms with Crippen molar-refractivity contribution in [2.75, 3.05) is 20.1 Å². The Hall–Kier alpha value is -1.06. The molecule has 18 heavy (non-hydrogen) atoms. The zero-order chi connectivity index (χ0) is 11.8. The van der Waals surface area contributed by atoms with Crippen LogP contribution in [0.1, 0.15) is 24.3 Å². The van der Waals surface area contributed by atoms with Crippen molar-refractivity contribution in [2.45, 2.75) is 18.8 Å². The van der Waals surface area contributed by atoms with Crippen molar-refractivity contribution < 1.29 is 4.39 Å². The molecule has 2 nitrogen and oxygen atoms in total. The minimum atomic E-state index is -0.172. The number of likely N-dealkylation sites (tertiary alicyclic amines) is 1. The molecule has 0 spiro atoms. The highest BCUT2D eigenvalue weighted by Crippen LogP contribution is 2.32. The summed E-state index contributed by atoms with van der Waals surface area (Å²) < 4.78 is 13.1. The van der Waals surface area contributed by atoms with Crippen LogP contribution >= 0.6 is 12.4 Å². The first kappa shape index (κ1) is 13.4. The van der Waals surface area contributed by atoms with Gasteiger partial charge in [0.05, 0.1) is 0 Å². The number of H-pyrrole nitrogens is 1. The van der Waals surface area contributed by atoms with Crippen LogP contribution in [-0.2, 0) is 0 Å². The molecular formula is C14H18ClFN2. The van der Waals surface area contributed by atoms with E-state index in [0.717, 1.165) is 18.6 Å². The molecule has 4 heteroatoms. The number of hydrogen-bond donors (Lipinski definition) is 1. The zero-order valence-electron chi connectivity index (χ0n) is 10.4. The topological polar surface area (TPSA) is 19.0 Å². The molecule has 1 fully saturated rings. The molecule has 1 aromatic carbocycles. The van der Waals surface area contributed by atoms with Gasteiger partial charge in [-0.25, -0.2) is 4.39 Å². The second kappa shape index (κ2) is 5.29. The lowest BCUT2D eigenvalue weighted by atomic mass is 9.89. The molecule has 2 heterocycles. The lowest BCUT2D eigenvalue weighted by molar-refractivity contribution is 0.256. The quantitative estimate of drug-likeness (QED) is 0.838. The standard InChI is InChI=1S/C14H17FN2.ClH/c1-17-6-4-10(5-7-17)13-9-16-14-8-11(15)2-3-12(13)14;/h2-3,8-10,16H,4-7H2,1H3;1H. The fourth-order valence-corrected chi connectivity index (χ4v) is 2.78. The normalized spacial score (nSPS) is 17.9. The lowest BCUT2D eigenvalue weighted by Gasteiger charge is -2.28.